The third-order valence-electron chi connectivity index (χ3n) is 3.80. The van der Waals surface area contributed by atoms with Crippen LogP contribution in [0, 0.1) is 0 Å². The maximum atomic E-state index is 10.0. The molecule has 0 spiro atoms. The summed E-state index contributed by atoms with van der Waals surface area (Å²) in [5.74, 6) is 1.10. The van der Waals surface area contributed by atoms with Crippen LogP contribution in [0.4, 0.5) is 0 Å². The van der Waals surface area contributed by atoms with Crippen LogP contribution < -0.4 is 10.2 Å². The van der Waals surface area contributed by atoms with Gasteiger partial charge < -0.3 is 14.4 Å². The molecule has 0 aliphatic carbocycles. The molecule has 0 saturated heterocycles. The van der Waals surface area contributed by atoms with E-state index in [-0.39, 0.29) is 5.92 Å². The summed E-state index contributed by atoms with van der Waals surface area (Å²) in [6.45, 7) is 5.21. The van der Waals surface area contributed by atoms with Crippen molar-refractivity contribution in [3.05, 3.63) is 59.2 Å². The van der Waals surface area contributed by atoms with Crippen molar-refractivity contribution in [2.45, 2.75) is 33.0 Å². The molecule has 3 nitrogen and oxygen atoms in total. The van der Waals surface area contributed by atoms with Crippen LogP contribution in [0.3, 0.4) is 0 Å². The van der Waals surface area contributed by atoms with E-state index in [0.29, 0.717) is 13.2 Å². The van der Waals surface area contributed by atoms with Crippen molar-refractivity contribution in [2.75, 3.05) is 0 Å². The van der Waals surface area contributed by atoms with Crippen molar-refractivity contribution in [2.24, 2.45) is 0 Å². The first-order valence-electron chi connectivity index (χ1n) is 7.29. The monoisotopic (exact) mass is 282 g/mol. The first kappa shape index (κ1) is 14.2. The Hall–Kier alpha value is -1.78. The number of rotatable bonds is 4. The second-order valence-corrected chi connectivity index (χ2v) is 5.64. The van der Waals surface area contributed by atoms with E-state index in [1.54, 1.807) is 0 Å². The Morgan fingerprint density at radius 1 is 1.19 bits per heavy atom. The van der Waals surface area contributed by atoms with E-state index in [1.165, 1.54) is 0 Å². The van der Waals surface area contributed by atoms with Crippen LogP contribution in [0.25, 0.3) is 0 Å². The largest absolute Gasteiger partial charge is 0.492 e. The number of fused-ring (bicyclic) bond motifs is 1. The van der Waals surface area contributed by atoms with Crippen molar-refractivity contribution < 1.29 is 14.4 Å². The Balaban J connectivity index is 1.90. The Morgan fingerprint density at radius 2 is 1.95 bits per heavy atom. The molecule has 0 bridgehead atoms. The zero-order valence-corrected chi connectivity index (χ0v) is 12.4. The number of ether oxygens (including phenoxy) is 1. The highest BCUT2D eigenvalue weighted by Gasteiger charge is 2.32. The first-order chi connectivity index (χ1) is 10.2. The molecule has 1 aliphatic rings. The molecule has 1 N–H and O–H groups in total. The summed E-state index contributed by atoms with van der Waals surface area (Å²) in [6.07, 6.45) is 0. The molecular formula is C17H19BO3. The highest BCUT2D eigenvalue weighted by molar-refractivity contribution is 6.62. The highest BCUT2D eigenvalue weighted by atomic mass is 16.5. The van der Waals surface area contributed by atoms with Gasteiger partial charge in [0.1, 0.15) is 12.4 Å². The molecule has 21 heavy (non-hydrogen) atoms. The van der Waals surface area contributed by atoms with Crippen LogP contribution in [0.15, 0.2) is 42.5 Å². The first-order valence-corrected chi connectivity index (χ1v) is 7.29. The molecule has 2 aromatic rings. The molecule has 0 fully saturated rings. The second kappa shape index (κ2) is 5.92. The maximum Gasteiger partial charge on any atom is 0.492 e. The van der Waals surface area contributed by atoms with E-state index in [2.05, 4.69) is 13.8 Å². The molecule has 2 aromatic carbocycles. The zero-order valence-electron chi connectivity index (χ0n) is 12.4. The fourth-order valence-corrected chi connectivity index (χ4v) is 2.79. The Bertz CT molecular complexity index is 625. The van der Waals surface area contributed by atoms with E-state index in [0.717, 1.165) is 27.9 Å². The topological polar surface area (TPSA) is 38.7 Å². The van der Waals surface area contributed by atoms with Gasteiger partial charge in [-0.1, -0.05) is 50.2 Å². The van der Waals surface area contributed by atoms with Crippen LogP contribution in [-0.4, -0.2) is 12.1 Å². The minimum Gasteiger partial charge on any atom is -0.489 e. The predicted octanol–water partition coefficient (Wildman–Crippen LogP) is 2.61. The van der Waals surface area contributed by atoms with Gasteiger partial charge in [-0.25, -0.2) is 0 Å². The molecule has 0 unspecified atom stereocenters. The van der Waals surface area contributed by atoms with Gasteiger partial charge in [-0.05, 0) is 34.1 Å². The third-order valence-corrected chi connectivity index (χ3v) is 3.80. The molecular weight excluding hydrogens is 263 g/mol. The van der Waals surface area contributed by atoms with Crippen LogP contribution in [-0.2, 0) is 17.9 Å². The minimum atomic E-state index is -0.835. The lowest BCUT2D eigenvalue weighted by atomic mass is 9.73. The number of benzene rings is 2. The van der Waals surface area contributed by atoms with E-state index in [9.17, 15) is 5.02 Å². The summed E-state index contributed by atoms with van der Waals surface area (Å²) in [4.78, 5) is 0. The van der Waals surface area contributed by atoms with Crippen molar-refractivity contribution >= 4 is 12.6 Å². The van der Waals surface area contributed by atoms with Gasteiger partial charge in [0.25, 0.3) is 0 Å². The summed E-state index contributed by atoms with van der Waals surface area (Å²) in [6, 6.07) is 14.0. The summed E-state index contributed by atoms with van der Waals surface area (Å²) in [5.41, 5.74) is 4.12. The molecule has 0 radical (unpaired) electrons. The minimum absolute atomic E-state index is 0.266. The maximum absolute atomic E-state index is 10.0. The second-order valence-electron chi connectivity index (χ2n) is 5.64. The molecule has 0 amide bonds. The molecule has 108 valence electrons. The van der Waals surface area contributed by atoms with Crippen molar-refractivity contribution in [3.8, 4) is 5.75 Å². The van der Waals surface area contributed by atoms with Crippen LogP contribution in [0.2, 0.25) is 0 Å². The SMILES string of the molecule is CC(C)c1c(OCc2ccccc2)ccc2c1B(O)OC2. The van der Waals surface area contributed by atoms with Gasteiger partial charge in [-0.15, -0.1) is 0 Å². The standard InChI is InChI=1S/C17H19BO3/c1-12(2)16-15(20-10-13-6-4-3-5-7-13)9-8-14-11-21-18(19)17(14)16/h3-9,12,19H,10-11H2,1-2H3. The molecule has 3 rings (SSSR count). The smallest absolute Gasteiger partial charge is 0.489 e. The fraction of sp³-hybridized carbons (Fsp3) is 0.294. The van der Waals surface area contributed by atoms with Gasteiger partial charge in [0.15, 0.2) is 0 Å². The lowest BCUT2D eigenvalue weighted by molar-refractivity contribution is 0.275. The normalized spacial score (nSPS) is 13.6. The Morgan fingerprint density at radius 3 is 2.67 bits per heavy atom. The molecule has 0 atom stereocenters. The summed E-state index contributed by atoms with van der Waals surface area (Å²) < 4.78 is 11.3. The Kier molecular flexibility index (Phi) is 4.00. The van der Waals surface area contributed by atoms with Gasteiger partial charge in [-0.2, -0.15) is 0 Å². The van der Waals surface area contributed by atoms with Gasteiger partial charge in [0.05, 0.1) is 6.61 Å². The van der Waals surface area contributed by atoms with Gasteiger partial charge in [-0.3, -0.25) is 0 Å². The van der Waals surface area contributed by atoms with Gasteiger partial charge in [0, 0.05) is 0 Å². The number of hydrogen-bond acceptors (Lipinski definition) is 3. The van der Waals surface area contributed by atoms with Gasteiger partial charge in [0.2, 0.25) is 0 Å². The van der Waals surface area contributed by atoms with Crippen LogP contribution in [0.1, 0.15) is 36.5 Å². The lowest BCUT2D eigenvalue weighted by Gasteiger charge is -2.18. The fourth-order valence-electron chi connectivity index (χ4n) is 2.79. The average Bonchev–Trinajstić information content (AvgIpc) is 2.87. The molecule has 1 aliphatic heterocycles. The van der Waals surface area contributed by atoms with Crippen molar-refractivity contribution in [1.29, 1.82) is 0 Å². The van der Waals surface area contributed by atoms with Gasteiger partial charge >= 0.3 is 7.12 Å². The van der Waals surface area contributed by atoms with E-state index in [1.807, 2.05) is 42.5 Å². The quantitative estimate of drug-likeness (QED) is 0.876. The van der Waals surface area contributed by atoms with E-state index < -0.39 is 7.12 Å². The summed E-state index contributed by atoms with van der Waals surface area (Å²) in [5, 5.41) is 10.0. The van der Waals surface area contributed by atoms with Crippen molar-refractivity contribution in [3.63, 3.8) is 0 Å². The van der Waals surface area contributed by atoms with E-state index >= 15 is 0 Å². The van der Waals surface area contributed by atoms with Crippen LogP contribution >= 0.6 is 0 Å². The highest BCUT2D eigenvalue weighted by Crippen LogP contribution is 2.29. The number of hydrogen-bond donors (Lipinski definition) is 1. The molecule has 1 heterocycles. The average molecular weight is 282 g/mol. The summed E-state index contributed by atoms with van der Waals surface area (Å²) >= 11 is 0. The summed E-state index contributed by atoms with van der Waals surface area (Å²) in [7, 11) is -0.835. The Labute approximate surface area is 125 Å². The van der Waals surface area contributed by atoms with Crippen LogP contribution in [0.5, 0.6) is 5.75 Å². The molecule has 0 aromatic heterocycles. The zero-order chi connectivity index (χ0) is 14.8. The van der Waals surface area contributed by atoms with E-state index in [4.69, 9.17) is 9.39 Å². The molecule has 4 heteroatoms. The van der Waals surface area contributed by atoms with Crippen molar-refractivity contribution in [1.82, 2.24) is 0 Å². The molecule has 0 saturated carbocycles. The third kappa shape index (κ3) is 2.82. The predicted molar refractivity (Wildman–Crippen MR) is 83.7 cm³/mol. The lowest BCUT2D eigenvalue weighted by Crippen LogP contribution is -2.32.